The first kappa shape index (κ1) is 16.3. The van der Waals surface area contributed by atoms with Crippen LogP contribution in [0.5, 0.6) is 0 Å². The highest BCUT2D eigenvalue weighted by Crippen LogP contribution is 2.14. The molecule has 0 fully saturated rings. The van der Waals surface area contributed by atoms with Crippen LogP contribution in [0.15, 0.2) is 16.7 Å². The third-order valence-electron chi connectivity index (χ3n) is 2.72. The van der Waals surface area contributed by atoms with Crippen LogP contribution in [-0.4, -0.2) is 23.5 Å². The van der Waals surface area contributed by atoms with Gasteiger partial charge in [0.15, 0.2) is 0 Å². The highest BCUT2D eigenvalue weighted by Gasteiger charge is 2.30. The van der Waals surface area contributed by atoms with Gasteiger partial charge in [-0.05, 0) is 39.7 Å². The van der Waals surface area contributed by atoms with Crippen LogP contribution >= 0.6 is 0 Å². The van der Waals surface area contributed by atoms with Crippen LogP contribution in [0.1, 0.15) is 50.7 Å². The summed E-state index contributed by atoms with van der Waals surface area (Å²) >= 11 is 0. The summed E-state index contributed by atoms with van der Waals surface area (Å²) in [5, 5.41) is 2.71. The molecule has 0 aliphatic carbocycles. The molecule has 0 aliphatic heterocycles. The summed E-state index contributed by atoms with van der Waals surface area (Å²) in [7, 11) is 0. The smallest absolute Gasteiger partial charge is 0.329 e. The maximum absolute atomic E-state index is 12.1. The van der Waals surface area contributed by atoms with Crippen molar-refractivity contribution in [1.29, 1.82) is 0 Å². The summed E-state index contributed by atoms with van der Waals surface area (Å²) < 4.78 is 10.4. The molecule has 1 atom stereocenters. The molecule has 0 aliphatic rings. The Labute approximate surface area is 119 Å². The zero-order valence-electron chi connectivity index (χ0n) is 12.9. The van der Waals surface area contributed by atoms with E-state index >= 15 is 0 Å². The molecular weight excluding hydrogens is 258 g/mol. The van der Waals surface area contributed by atoms with E-state index in [1.165, 1.54) is 6.26 Å². The molecule has 1 aromatic heterocycles. The van der Waals surface area contributed by atoms with Crippen LogP contribution < -0.4 is 5.32 Å². The number of rotatable bonds is 4. The lowest BCUT2D eigenvalue weighted by Gasteiger charge is -2.26. The van der Waals surface area contributed by atoms with Gasteiger partial charge in [0.2, 0.25) is 0 Å². The Hall–Kier alpha value is -1.78. The van der Waals surface area contributed by atoms with E-state index in [-0.39, 0.29) is 11.8 Å². The number of carbonyl (C=O) groups is 2. The van der Waals surface area contributed by atoms with Crippen molar-refractivity contribution in [3.63, 3.8) is 0 Å². The number of ether oxygens (including phenoxy) is 1. The van der Waals surface area contributed by atoms with Gasteiger partial charge in [-0.3, -0.25) is 4.79 Å². The van der Waals surface area contributed by atoms with Gasteiger partial charge in [0.05, 0.1) is 11.8 Å². The number of furan rings is 1. The van der Waals surface area contributed by atoms with E-state index in [0.717, 1.165) is 0 Å². The van der Waals surface area contributed by atoms with Gasteiger partial charge in [-0.1, -0.05) is 13.8 Å². The minimum Gasteiger partial charge on any atom is -0.469 e. The summed E-state index contributed by atoms with van der Waals surface area (Å²) in [5.74, 6) is -0.307. The maximum Gasteiger partial charge on any atom is 0.329 e. The molecule has 1 N–H and O–H groups in total. The largest absolute Gasteiger partial charge is 0.469 e. The second-order valence-electron chi connectivity index (χ2n) is 6.12. The second kappa shape index (κ2) is 6.11. The minimum atomic E-state index is -0.684. The van der Waals surface area contributed by atoms with Crippen molar-refractivity contribution >= 4 is 11.9 Å². The third kappa shape index (κ3) is 4.40. The van der Waals surface area contributed by atoms with Crippen LogP contribution in [0.25, 0.3) is 0 Å². The first-order valence-electron chi connectivity index (χ1n) is 6.69. The van der Waals surface area contributed by atoms with Crippen LogP contribution in [-0.2, 0) is 9.53 Å². The SMILES string of the molecule is Cc1occc1C(=O)N[C@H](C(=O)OC(C)(C)C)C(C)C. The number of hydrogen-bond acceptors (Lipinski definition) is 4. The molecule has 20 heavy (non-hydrogen) atoms. The molecule has 0 unspecified atom stereocenters. The minimum absolute atomic E-state index is 0.0685. The molecule has 1 rings (SSSR count). The Morgan fingerprint density at radius 1 is 1.30 bits per heavy atom. The lowest BCUT2D eigenvalue weighted by Crippen LogP contribution is -2.47. The zero-order chi connectivity index (χ0) is 15.5. The van der Waals surface area contributed by atoms with Crippen molar-refractivity contribution in [3.8, 4) is 0 Å². The summed E-state index contributed by atoms with van der Waals surface area (Å²) in [4.78, 5) is 24.3. The summed E-state index contributed by atoms with van der Waals surface area (Å²) in [5.41, 5.74) is -0.153. The average molecular weight is 281 g/mol. The predicted octanol–water partition coefficient (Wildman–Crippen LogP) is 2.68. The van der Waals surface area contributed by atoms with E-state index in [1.807, 2.05) is 13.8 Å². The second-order valence-corrected chi connectivity index (χ2v) is 6.12. The van der Waals surface area contributed by atoms with Crippen molar-refractivity contribution in [2.24, 2.45) is 5.92 Å². The van der Waals surface area contributed by atoms with E-state index in [0.29, 0.717) is 11.3 Å². The van der Waals surface area contributed by atoms with Gasteiger partial charge in [0.25, 0.3) is 5.91 Å². The predicted molar refractivity (Wildman–Crippen MR) is 75.4 cm³/mol. The Bertz CT molecular complexity index is 482. The standard InChI is InChI=1S/C15H23NO4/c1-9(2)12(14(18)20-15(4,5)6)16-13(17)11-7-8-19-10(11)3/h7-9,12H,1-6H3,(H,16,17)/t12-/m0/s1. The fraction of sp³-hybridized carbons (Fsp3) is 0.600. The van der Waals surface area contributed by atoms with Crippen LogP contribution in [0, 0.1) is 12.8 Å². The molecule has 0 spiro atoms. The van der Waals surface area contributed by atoms with E-state index in [4.69, 9.17) is 9.15 Å². The molecule has 0 saturated heterocycles. The van der Waals surface area contributed by atoms with Crippen molar-refractivity contribution in [2.75, 3.05) is 0 Å². The number of aryl methyl sites for hydroxylation is 1. The molecule has 0 radical (unpaired) electrons. The lowest BCUT2D eigenvalue weighted by atomic mass is 10.0. The summed E-state index contributed by atoms with van der Waals surface area (Å²) in [6, 6.07) is 0.896. The Morgan fingerprint density at radius 3 is 2.30 bits per heavy atom. The first-order chi connectivity index (χ1) is 9.11. The van der Waals surface area contributed by atoms with Gasteiger partial charge in [0, 0.05) is 0 Å². The molecule has 1 amide bonds. The van der Waals surface area contributed by atoms with E-state index in [2.05, 4.69) is 5.32 Å². The fourth-order valence-corrected chi connectivity index (χ4v) is 1.70. The number of nitrogens with one attached hydrogen (secondary N) is 1. The molecule has 0 bridgehead atoms. The van der Waals surface area contributed by atoms with Crippen LogP contribution in [0.2, 0.25) is 0 Å². The Balaban J connectivity index is 2.81. The Kier molecular flexibility index (Phi) is 4.98. The third-order valence-corrected chi connectivity index (χ3v) is 2.72. The van der Waals surface area contributed by atoms with Gasteiger partial charge in [0.1, 0.15) is 17.4 Å². The molecule has 0 saturated carbocycles. The van der Waals surface area contributed by atoms with Gasteiger partial charge < -0.3 is 14.5 Å². The molecule has 0 aromatic carbocycles. The van der Waals surface area contributed by atoms with Crippen molar-refractivity contribution < 1.29 is 18.7 Å². The molecule has 112 valence electrons. The quantitative estimate of drug-likeness (QED) is 0.861. The summed E-state index contributed by atoms with van der Waals surface area (Å²) in [6.45, 7) is 10.8. The van der Waals surface area contributed by atoms with E-state index in [9.17, 15) is 9.59 Å². The molecule has 5 nitrogen and oxygen atoms in total. The number of carbonyl (C=O) groups excluding carboxylic acids is 2. The van der Waals surface area contributed by atoms with Gasteiger partial charge in [-0.2, -0.15) is 0 Å². The highest BCUT2D eigenvalue weighted by molar-refractivity contribution is 5.97. The topological polar surface area (TPSA) is 68.5 Å². The van der Waals surface area contributed by atoms with Crippen molar-refractivity contribution in [2.45, 2.75) is 53.2 Å². The number of esters is 1. The maximum atomic E-state index is 12.1. The number of amides is 1. The van der Waals surface area contributed by atoms with E-state index < -0.39 is 17.6 Å². The van der Waals surface area contributed by atoms with Gasteiger partial charge in [-0.25, -0.2) is 4.79 Å². The normalized spacial score (nSPS) is 13.2. The van der Waals surface area contributed by atoms with E-state index in [1.54, 1.807) is 33.8 Å². The number of hydrogen-bond donors (Lipinski definition) is 1. The molecule has 1 heterocycles. The van der Waals surface area contributed by atoms with Gasteiger partial charge in [-0.15, -0.1) is 0 Å². The molecular formula is C15H23NO4. The fourth-order valence-electron chi connectivity index (χ4n) is 1.70. The first-order valence-corrected chi connectivity index (χ1v) is 6.69. The summed E-state index contributed by atoms with van der Waals surface area (Å²) in [6.07, 6.45) is 1.45. The van der Waals surface area contributed by atoms with Crippen LogP contribution in [0.3, 0.4) is 0 Å². The highest BCUT2D eigenvalue weighted by atomic mass is 16.6. The van der Waals surface area contributed by atoms with Gasteiger partial charge >= 0.3 is 5.97 Å². The Morgan fingerprint density at radius 2 is 1.90 bits per heavy atom. The van der Waals surface area contributed by atoms with Crippen molar-refractivity contribution in [1.82, 2.24) is 5.32 Å². The molecule has 1 aromatic rings. The monoisotopic (exact) mass is 281 g/mol. The van der Waals surface area contributed by atoms with Crippen LogP contribution in [0.4, 0.5) is 0 Å². The lowest BCUT2D eigenvalue weighted by molar-refractivity contribution is -0.158. The average Bonchev–Trinajstić information content (AvgIpc) is 2.69. The molecule has 5 heteroatoms. The van der Waals surface area contributed by atoms with Crippen molar-refractivity contribution in [3.05, 3.63) is 23.7 Å². The zero-order valence-corrected chi connectivity index (χ0v) is 12.9.